The summed E-state index contributed by atoms with van der Waals surface area (Å²) in [7, 11) is 1.64. The zero-order valence-corrected chi connectivity index (χ0v) is 10.2. The average Bonchev–Trinajstić information content (AvgIpc) is 2.38. The first-order chi connectivity index (χ1) is 8.99. The maximum absolute atomic E-state index is 13.2. The lowest BCUT2D eigenvalue weighted by Gasteiger charge is -2.20. The second-order valence-corrected chi connectivity index (χ2v) is 3.95. The van der Waals surface area contributed by atoms with Gasteiger partial charge in [0.05, 0.1) is 5.69 Å². The quantitative estimate of drug-likeness (QED) is 0.886. The number of nitrogens with two attached hydrogens (primary N) is 1. The van der Waals surface area contributed by atoms with Crippen LogP contribution in [0.3, 0.4) is 0 Å². The van der Waals surface area contributed by atoms with Crippen molar-refractivity contribution in [1.29, 1.82) is 0 Å². The zero-order chi connectivity index (χ0) is 14.0. The van der Waals surface area contributed by atoms with Gasteiger partial charge in [-0.05, 0) is 30.3 Å². The first kappa shape index (κ1) is 12.8. The van der Waals surface area contributed by atoms with Crippen molar-refractivity contribution in [3.63, 3.8) is 0 Å². The van der Waals surface area contributed by atoms with Gasteiger partial charge in [-0.2, -0.15) is 0 Å². The van der Waals surface area contributed by atoms with E-state index in [4.69, 9.17) is 10.8 Å². The van der Waals surface area contributed by atoms with Crippen molar-refractivity contribution in [2.45, 2.75) is 0 Å². The van der Waals surface area contributed by atoms with E-state index in [-0.39, 0.29) is 11.5 Å². The first-order valence-corrected chi connectivity index (χ1v) is 5.48. The highest BCUT2D eigenvalue weighted by molar-refractivity contribution is 5.87. The molecule has 1 aromatic carbocycles. The molecular weight excluding hydrogens is 249 g/mol. The minimum Gasteiger partial charge on any atom is -0.477 e. The third-order valence-electron chi connectivity index (χ3n) is 2.64. The molecule has 1 heterocycles. The van der Waals surface area contributed by atoms with Crippen molar-refractivity contribution in [3.8, 4) is 0 Å². The number of aromatic carboxylic acids is 1. The summed E-state index contributed by atoms with van der Waals surface area (Å²) in [6, 6.07) is 8.65. The molecule has 0 amide bonds. The van der Waals surface area contributed by atoms with Gasteiger partial charge in [-0.25, -0.2) is 14.2 Å². The van der Waals surface area contributed by atoms with Crippen LogP contribution >= 0.6 is 0 Å². The summed E-state index contributed by atoms with van der Waals surface area (Å²) in [4.78, 5) is 16.4. The van der Waals surface area contributed by atoms with Crippen molar-refractivity contribution in [3.05, 3.63) is 47.9 Å². The van der Waals surface area contributed by atoms with Gasteiger partial charge in [0.25, 0.3) is 0 Å². The fourth-order valence-electron chi connectivity index (χ4n) is 1.65. The van der Waals surface area contributed by atoms with E-state index >= 15 is 0 Å². The molecule has 19 heavy (non-hydrogen) atoms. The van der Waals surface area contributed by atoms with Crippen LogP contribution in [0.1, 0.15) is 10.5 Å². The second-order valence-electron chi connectivity index (χ2n) is 3.95. The minimum absolute atomic E-state index is 0.118. The number of hydrogen-bond donors (Lipinski definition) is 2. The molecule has 3 N–H and O–H groups in total. The lowest BCUT2D eigenvalue weighted by Crippen LogP contribution is -2.15. The predicted octanol–water partition coefficient (Wildman–Crippen LogP) is 2.27. The zero-order valence-electron chi connectivity index (χ0n) is 10.2. The summed E-state index contributed by atoms with van der Waals surface area (Å²) < 4.78 is 13.2. The van der Waals surface area contributed by atoms with Crippen molar-refractivity contribution in [1.82, 2.24) is 4.98 Å². The number of hydrogen-bond acceptors (Lipinski definition) is 4. The van der Waals surface area contributed by atoms with Crippen LogP contribution in [0.5, 0.6) is 0 Å². The number of carbonyl (C=O) groups is 1. The van der Waals surface area contributed by atoms with Gasteiger partial charge in [0.15, 0.2) is 11.5 Å². The van der Waals surface area contributed by atoms with Crippen LogP contribution in [0.2, 0.25) is 0 Å². The number of pyridine rings is 1. The summed E-state index contributed by atoms with van der Waals surface area (Å²) in [6.45, 7) is 0. The molecule has 5 nitrogen and oxygen atoms in total. The number of halogens is 1. The van der Waals surface area contributed by atoms with E-state index in [1.165, 1.54) is 29.2 Å². The Balaban J connectivity index is 2.46. The monoisotopic (exact) mass is 261 g/mol. The van der Waals surface area contributed by atoms with Crippen molar-refractivity contribution in [2.75, 3.05) is 17.7 Å². The summed E-state index contributed by atoms with van der Waals surface area (Å²) in [5.41, 5.74) is 6.50. The summed E-state index contributed by atoms with van der Waals surface area (Å²) in [5, 5.41) is 8.91. The predicted molar refractivity (Wildman–Crippen MR) is 70.1 cm³/mol. The molecule has 0 atom stereocenters. The molecule has 0 aliphatic rings. The number of nitrogen functional groups attached to an aromatic ring is 1. The molecule has 0 unspecified atom stereocenters. The van der Waals surface area contributed by atoms with Crippen LogP contribution in [0.15, 0.2) is 36.4 Å². The molecular formula is C13H12FN3O2. The van der Waals surface area contributed by atoms with Gasteiger partial charge in [-0.1, -0.05) is 6.07 Å². The van der Waals surface area contributed by atoms with Crippen molar-refractivity contribution < 1.29 is 14.3 Å². The SMILES string of the molecule is CN(c1cccc(F)c1)c1nc(C(=O)O)ccc1N. The van der Waals surface area contributed by atoms with Gasteiger partial charge in [0.1, 0.15) is 5.82 Å². The Labute approximate surface area is 109 Å². The van der Waals surface area contributed by atoms with E-state index in [9.17, 15) is 9.18 Å². The van der Waals surface area contributed by atoms with E-state index in [1.807, 2.05) is 0 Å². The number of carboxylic acid groups (broad SMARTS) is 1. The molecule has 2 aromatic rings. The fraction of sp³-hybridized carbons (Fsp3) is 0.0769. The third kappa shape index (κ3) is 2.62. The highest BCUT2D eigenvalue weighted by Crippen LogP contribution is 2.27. The van der Waals surface area contributed by atoms with E-state index in [2.05, 4.69) is 4.98 Å². The normalized spacial score (nSPS) is 10.2. The van der Waals surface area contributed by atoms with E-state index in [0.29, 0.717) is 11.4 Å². The standard InChI is InChI=1S/C13H12FN3O2/c1-17(9-4-2-3-8(14)7-9)12-10(15)5-6-11(16-12)13(18)19/h2-7H,15H2,1H3,(H,18,19). The van der Waals surface area contributed by atoms with Crippen LogP contribution < -0.4 is 10.6 Å². The van der Waals surface area contributed by atoms with Crippen molar-refractivity contribution >= 4 is 23.2 Å². The van der Waals surface area contributed by atoms with Crippen LogP contribution in [0, 0.1) is 5.82 Å². The number of rotatable bonds is 3. The number of aromatic nitrogens is 1. The Morgan fingerprint density at radius 2 is 2.11 bits per heavy atom. The maximum atomic E-state index is 13.2. The Kier molecular flexibility index (Phi) is 3.33. The average molecular weight is 261 g/mol. The molecule has 2 rings (SSSR count). The van der Waals surface area contributed by atoms with Crippen LogP contribution in [-0.2, 0) is 0 Å². The summed E-state index contributed by atoms with van der Waals surface area (Å²) >= 11 is 0. The molecule has 0 saturated heterocycles. The summed E-state index contributed by atoms with van der Waals surface area (Å²) in [5.74, 6) is -1.27. The molecule has 0 bridgehead atoms. The Hall–Kier alpha value is -2.63. The van der Waals surface area contributed by atoms with Crippen LogP contribution in [0.4, 0.5) is 21.6 Å². The Bertz CT molecular complexity index is 631. The number of nitrogens with zero attached hydrogens (tertiary/aromatic N) is 2. The van der Waals surface area contributed by atoms with Gasteiger partial charge in [-0.3, -0.25) is 0 Å². The Morgan fingerprint density at radius 3 is 2.74 bits per heavy atom. The van der Waals surface area contributed by atoms with Gasteiger partial charge in [-0.15, -0.1) is 0 Å². The highest BCUT2D eigenvalue weighted by atomic mass is 19.1. The largest absolute Gasteiger partial charge is 0.477 e. The molecule has 0 fully saturated rings. The number of anilines is 3. The lowest BCUT2D eigenvalue weighted by atomic mass is 10.2. The molecule has 0 saturated carbocycles. The van der Waals surface area contributed by atoms with E-state index in [1.54, 1.807) is 19.2 Å². The van der Waals surface area contributed by atoms with Gasteiger partial charge >= 0.3 is 5.97 Å². The van der Waals surface area contributed by atoms with Crippen molar-refractivity contribution in [2.24, 2.45) is 0 Å². The van der Waals surface area contributed by atoms with Crippen LogP contribution in [-0.4, -0.2) is 23.1 Å². The summed E-state index contributed by atoms with van der Waals surface area (Å²) in [6.07, 6.45) is 0. The second kappa shape index (κ2) is 4.93. The smallest absolute Gasteiger partial charge is 0.354 e. The van der Waals surface area contributed by atoms with Gasteiger partial charge in [0.2, 0.25) is 0 Å². The fourth-order valence-corrected chi connectivity index (χ4v) is 1.65. The maximum Gasteiger partial charge on any atom is 0.354 e. The Morgan fingerprint density at radius 1 is 1.37 bits per heavy atom. The molecule has 0 aliphatic carbocycles. The van der Waals surface area contributed by atoms with Crippen LogP contribution in [0.25, 0.3) is 0 Å². The molecule has 0 radical (unpaired) electrons. The van der Waals surface area contributed by atoms with E-state index in [0.717, 1.165) is 0 Å². The van der Waals surface area contributed by atoms with Gasteiger partial charge in [0, 0.05) is 12.7 Å². The van der Waals surface area contributed by atoms with E-state index < -0.39 is 11.8 Å². The molecule has 0 aliphatic heterocycles. The topological polar surface area (TPSA) is 79.5 Å². The number of carboxylic acids is 1. The lowest BCUT2D eigenvalue weighted by molar-refractivity contribution is 0.0690. The first-order valence-electron chi connectivity index (χ1n) is 5.48. The number of benzene rings is 1. The molecule has 98 valence electrons. The molecule has 0 spiro atoms. The minimum atomic E-state index is -1.14. The molecule has 1 aromatic heterocycles. The molecule has 6 heteroatoms. The third-order valence-corrected chi connectivity index (χ3v) is 2.64. The van der Waals surface area contributed by atoms with Gasteiger partial charge < -0.3 is 15.7 Å². The highest BCUT2D eigenvalue weighted by Gasteiger charge is 2.13.